The van der Waals surface area contributed by atoms with Gasteiger partial charge in [0.25, 0.3) is 0 Å². The van der Waals surface area contributed by atoms with E-state index in [1.807, 2.05) is 42.5 Å². The summed E-state index contributed by atoms with van der Waals surface area (Å²) < 4.78 is 6.05. The van der Waals surface area contributed by atoms with Crippen molar-refractivity contribution >= 4 is 35.3 Å². The second-order valence-corrected chi connectivity index (χ2v) is 18.3. The molecule has 4 aromatic heterocycles. The molecule has 0 aliphatic heterocycles. The van der Waals surface area contributed by atoms with Gasteiger partial charge in [-0.25, -0.2) is 4.98 Å². The second-order valence-electron chi connectivity index (χ2n) is 13.3. The maximum Gasteiger partial charge on any atom is 0.216 e. The molecule has 0 spiro atoms. The summed E-state index contributed by atoms with van der Waals surface area (Å²) in [5.74, 6) is 1.25. The summed E-state index contributed by atoms with van der Waals surface area (Å²) in [7, 11) is -1.35. The van der Waals surface area contributed by atoms with Crippen molar-refractivity contribution in [3.8, 4) is 22.5 Å². The zero-order chi connectivity index (χ0) is 30.7. The van der Waals surface area contributed by atoms with Crippen LogP contribution in [0.2, 0.25) is 19.6 Å². The Morgan fingerprint density at radius 3 is 2.36 bits per heavy atom. The first-order valence-electron chi connectivity index (χ1n) is 15.9. The number of fused-ring (bicyclic) bond motifs is 3. The van der Waals surface area contributed by atoms with Crippen LogP contribution in [0.3, 0.4) is 0 Å². The third-order valence-electron chi connectivity index (χ3n) is 8.60. The molecule has 1 saturated carbocycles. The van der Waals surface area contributed by atoms with Crippen molar-refractivity contribution in [1.29, 1.82) is 0 Å². The number of hydrogen-bond donors (Lipinski definition) is 0. The van der Waals surface area contributed by atoms with E-state index in [4.69, 9.17) is 9.40 Å². The van der Waals surface area contributed by atoms with Crippen LogP contribution in [0.25, 0.3) is 44.6 Å². The Kier molecular flexibility index (Phi) is 10.5. The molecule has 1 fully saturated rings. The molecule has 0 amide bonds. The molecule has 6 aromatic rings. The van der Waals surface area contributed by atoms with Gasteiger partial charge in [0, 0.05) is 43.6 Å². The number of furan rings is 1. The minimum absolute atomic E-state index is 0. The first-order chi connectivity index (χ1) is 21.3. The van der Waals surface area contributed by atoms with Crippen LogP contribution in [0.4, 0.5) is 0 Å². The second kappa shape index (κ2) is 14.3. The van der Waals surface area contributed by atoms with Crippen LogP contribution >= 0.6 is 0 Å². The molecule has 233 valence electrons. The number of aromatic nitrogens is 3. The van der Waals surface area contributed by atoms with E-state index in [2.05, 4.69) is 92.1 Å². The first kappa shape index (κ1) is 32.9. The summed E-state index contributed by atoms with van der Waals surface area (Å²) in [6.07, 6.45) is 10.8. The normalized spacial score (nSPS) is 13.6. The van der Waals surface area contributed by atoms with Crippen LogP contribution in [-0.4, -0.2) is 23.0 Å². The minimum atomic E-state index is -1.35. The van der Waals surface area contributed by atoms with Gasteiger partial charge in [0.15, 0.2) is 0 Å². The molecule has 1 aliphatic rings. The van der Waals surface area contributed by atoms with Gasteiger partial charge in [0.2, 0.25) is 5.71 Å². The summed E-state index contributed by atoms with van der Waals surface area (Å²) in [5.41, 5.74) is 7.98. The Bertz CT molecular complexity index is 1860. The van der Waals surface area contributed by atoms with Gasteiger partial charge in [-0.3, -0.25) is 0 Å². The number of nitrogens with zero attached hydrogens (tertiary/aromatic N) is 3. The van der Waals surface area contributed by atoms with Gasteiger partial charge in [0.05, 0.1) is 13.7 Å². The van der Waals surface area contributed by atoms with Crippen molar-refractivity contribution in [3.63, 3.8) is 0 Å². The van der Waals surface area contributed by atoms with Gasteiger partial charge in [-0.1, -0.05) is 93.9 Å². The predicted molar refractivity (Wildman–Crippen MR) is 185 cm³/mol. The molecule has 0 unspecified atom stereocenters. The van der Waals surface area contributed by atoms with E-state index < -0.39 is 8.07 Å². The standard InChI is InChI=1S/C20H26NSi.C19H15N2O.Ir/c1-22(2,3)20-15-21-19(17-11-5-4-6-12-17)14-18(20)13-16-9-7-8-10-16;1-12(2)16-10-9-14-13-6-5-7-15(17-8-3-4-11-20-17)18(13)22-19(14)21-16;/h4-6,11,14-16H,7-10,13H2,1-3H3;3-6,8-12H,1-2H3;/q2*-1;. The number of rotatable bonds is 6. The summed E-state index contributed by atoms with van der Waals surface area (Å²) in [6, 6.07) is 31.0. The van der Waals surface area contributed by atoms with Crippen LogP contribution in [0.15, 0.2) is 89.6 Å². The molecular formula is C39H41IrN3OSi-2. The average molecular weight is 788 g/mol. The van der Waals surface area contributed by atoms with Crippen molar-refractivity contribution in [3.05, 3.63) is 109 Å². The smallest absolute Gasteiger partial charge is 0.216 e. The molecule has 45 heavy (non-hydrogen) atoms. The molecule has 4 heterocycles. The fourth-order valence-electron chi connectivity index (χ4n) is 6.23. The zero-order valence-corrected chi connectivity index (χ0v) is 30.3. The molecule has 7 rings (SSSR count). The van der Waals surface area contributed by atoms with E-state index in [0.717, 1.165) is 50.5 Å². The third-order valence-corrected chi connectivity index (χ3v) is 10.7. The Morgan fingerprint density at radius 2 is 1.67 bits per heavy atom. The predicted octanol–water partition coefficient (Wildman–Crippen LogP) is 9.79. The van der Waals surface area contributed by atoms with Gasteiger partial charge < -0.3 is 14.4 Å². The van der Waals surface area contributed by atoms with E-state index in [9.17, 15) is 0 Å². The fourth-order valence-corrected chi connectivity index (χ4v) is 7.82. The minimum Gasteiger partial charge on any atom is -0.486 e. The van der Waals surface area contributed by atoms with Gasteiger partial charge in [0.1, 0.15) is 0 Å². The molecule has 0 saturated heterocycles. The molecule has 6 heteroatoms. The van der Waals surface area contributed by atoms with Gasteiger partial charge >= 0.3 is 0 Å². The molecule has 4 nitrogen and oxygen atoms in total. The van der Waals surface area contributed by atoms with Crippen molar-refractivity contribution < 1.29 is 24.5 Å². The van der Waals surface area contributed by atoms with E-state index in [-0.39, 0.29) is 20.1 Å². The molecule has 1 radical (unpaired) electrons. The molecular weight excluding hydrogens is 747 g/mol. The van der Waals surface area contributed by atoms with Gasteiger partial charge in [-0.2, -0.15) is 0 Å². The Labute approximate surface area is 282 Å². The van der Waals surface area contributed by atoms with E-state index in [1.165, 1.54) is 32.1 Å². The average Bonchev–Trinajstić information content (AvgIpc) is 3.69. The fraction of sp³-hybridized carbons (Fsp3) is 0.308. The van der Waals surface area contributed by atoms with Crippen molar-refractivity contribution in [2.45, 2.75) is 71.5 Å². The molecule has 0 atom stereocenters. The Morgan fingerprint density at radius 1 is 0.867 bits per heavy atom. The third kappa shape index (κ3) is 7.52. The van der Waals surface area contributed by atoms with E-state index in [1.54, 1.807) is 16.9 Å². The monoisotopic (exact) mass is 788 g/mol. The van der Waals surface area contributed by atoms with Crippen molar-refractivity contribution in [2.24, 2.45) is 5.92 Å². The Hall–Kier alpha value is -3.44. The number of pyridine rings is 3. The zero-order valence-electron chi connectivity index (χ0n) is 26.9. The summed E-state index contributed by atoms with van der Waals surface area (Å²) >= 11 is 0. The number of hydrogen-bond acceptors (Lipinski definition) is 4. The van der Waals surface area contributed by atoms with E-state index in [0.29, 0.717) is 11.6 Å². The van der Waals surface area contributed by atoms with Crippen LogP contribution in [0, 0.1) is 18.1 Å². The first-order valence-corrected chi connectivity index (χ1v) is 19.4. The SMILES string of the molecule is CC(C)c1ccc2c(n1)oc1c(-c3ccccn3)[c-]ccc12.C[Si](C)(C)c1cnc(-c2[c-]cccc2)cc1CC1CCCC1.[Ir]. The van der Waals surface area contributed by atoms with Crippen molar-refractivity contribution in [1.82, 2.24) is 15.0 Å². The summed E-state index contributed by atoms with van der Waals surface area (Å²) in [4.78, 5) is 13.8. The maximum atomic E-state index is 6.05. The van der Waals surface area contributed by atoms with Gasteiger partial charge in [-0.15, -0.1) is 54.1 Å². The van der Waals surface area contributed by atoms with Crippen molar-refractivity contribution in [2.75, 3.05) is 0 Å². The largest absolute Gasteiger partial charge is 0.486 e. The van der Waals surface area contributed by atoms with E-state index >= 15 is 0 Å². The topological polar surface area (TPSA) is 51.8 Å². The molecule has 1 aliphatic carbocycles. The summed E-state index contributed by atoms with van der Waals surface area (Å²) in [5, 5.41) is 3.63. The molecule has 0 N–H and O–H groups in total. The van der Waals surface area contributed by atoms with Crippen LogP contribution in [0.5, 0.6) is 0 Å². The van der Waals surface area contributed by atoms with Crippen LogP contribution in [-0.2, 0) is 26.5 Å². The van der Waals surface area contributed by atoms with Crippen LogP contribution in [0.1, 0.15) is 56.7 Å². The molecule has 2 aromatic carbocycles. The van der Waals surface area contributed by atoms with Gasteiger partial charge in [-0.05, 0) is 53.0 Å². The summed E-state index contributed by atoms with van der Waals surface area (Å²) in [6.45, 7) is 11.5. The number of benzene rings is 2. The van der Waals surface area contributed by atoms with Crippen LogP contribution < -0.4 is 5.19 Å². The quantitative estimate of drug-likeness (QED) is 0.125. The Balaban J connectivity index is 0.000000174. The maximum absolute atomic E-state index is 6.05. The molecule has 0 bridgehead atoms.